The van der Waals surface area contributed by atoms with E-state index in [9.17, 15) is 5.11 Å². The smallest absolute Gasteiger partial charge is 0.137 e. The van der Waals surface area contributed by atoms with E-state index in [1.54, 1.807) is 0 Å². The molecule has 1 heterocycles. The summed E-state index contributed by atoms with van der Waals surface area (Å²) in [6.07, 6.45) is 1.48. The quantitative estimate of drug-likeness (QED) is 0.851. The van der Waals surface area contributed by atoms with Crippen LogP contribution in [0.25, 0.3) is 0 Å². The molecule has 0 radical (unpaired) electrons. The maximum absolute atomic E-state index is 9.36. The molecule has 3 N–H and O–H groups in total. The summed E-state index contributed by atoms with van der Waals surface area (Å²) in [6.45, 7) is 5.38. The lowest BCUT2D eigenvalue weighted by molar-refractivity contribution is 0.301. The van der Waals surface area contributed by atoms with Crippen LogP contribution in [0.15, 0.2) is 36.7 Å². The van der Waals surface area contributed by atoms with Gasteiger partial charge < -0.3 is 15.7 Å². The number of aliphatic hydroxyl groups is 1. The zero-order chi connectivity index (χ0) is 15.2. The van der Waals surface area contributed by atoms with Gasteiger partial charge in [-0.1, -0.05) is 44.2 Å². The van der Waals surface area contributed by atoms with Gasteiger partial charge in [0.25, 0.3) is 0 Å². The van der Waals surface area contributed by atoms with Crippen LogP contribution >= 0.6 is 0 Å². The monoisotopic (exact) mass is 286 g/mol. The highest BCUT2D eigenvalue weighted by atomic mass is 16.3. The van der Waals surface area contributed by atoms with Gasteiger partial charge in [-0.2, -0.15) is 0 Å². The summed E-state index contributed by atoms with van der Waals surface area (Å²) >= 11 is 0. The fourth-order valence-corrected chi connectivity index (χ4v) is 2.39. The van der Waals surface area contributed by atoms with E-state index in [-0.39, 0.29) is 12.5 Å². The van der Waals surface area contributed by atoms with E-state index in [0.717, 1.165) is 16.9 Å². The minimum Gasteiger partial charge on any atom is -0.395 e. The Morgan fingerprint density at radius 2 is 1.90 bits per heavy atom. The predicted molar refractivity (Wildman–Crippen MR) is 85.1 cm³/mol. The Bertz CT molecular complexity index is 572. The Hall–Kier alpha value is -2.14. The molecule has 0 saturated carbocycles. The highest BCUT2D eigenvalue weighted by Crippen LogP contribution is 2.29. The van der Waals surface area contributed by atoms with Crippen molar-refractivity contribution in [2.24, 2.45) is 0 Å². The Morgan fingerprint density at radius 1 is 1.19 bits per heavy atom. The van der Waals surface area contributed by atoms with Crippen LogP contribution in [0.2, 0.25) is 0 Å². The minimum atomic E-state index is 0.0638. The van der Waals surface area contributed by atoms with Crippen molar-refractivity contribution in [1.29, 1.82) is 0 Å². The first-order valence-corrected chi connectivity index (χ1v) is 7.13. The van der Waals surface area contributed by atoms with Crippen LogP contribution in [0.1, 0.15) is 30.9 Å². The SMILES string of the molecule is CC(C)c1c(N)ncnc1N(CCO)Cc1ccccc1. The third kappa shape index (κ3) is 3.70. The Balaban J connectivity index is 2.36. The highest BCUT2D eigenvalue weighted by Gasteiger charge is 2.18. The Morgan fingerprint density at radius 3 is 2.52 bits per heavy atom. The summed E-state index contributed by atoms with van der Waals surface area (Å²) < 4.78 is 0. The van der Waals surface area contributed by atoms with E-state index in [0.29, 0.717) is 18.9 Å². The van der Waals surface area contributed by atoms with Gasteiger partial charge in [0.15, 0.2) is 0 Å². The standard InChI is InChI=1S/C16H22N4O/c1-12(2)14-15(17)18-11-19-16(14)20(8-9-21)10-13-6-4-3-5-7-13/h3-7,11-12,21H,8-10H2,1-2H3,(H2,17,18,19). The molecule has 0 fully saturated rings. The molecule has 0 bridgehead atoms. The molecule has 0 unspecified atom stereocenters. The number of nitrogen functional groups attached to an aromatic ring is 1. The zero-order valence-electron chi connectivity index (χ0n) is 12.5. The number of nitrogens with two attached hydrogens (primary N) is 1. The van der Waals surface area contributed by atoms with Gasteiger partial charge in [0, 0.05) is 18.7 Å². The molecule has 0 aliphatic carbocycles. The third-order valence-corrected chi connectivity index (χ3v) is 3.36. The summed E-state index contributed by atoms with van der Waals surface area (Å²) in [4.78, 5) is 10.5. The minimum absolute atomic E-state index is 0.0638. The number of nitrogens with zero attached hydrogens (tertiary/aromatic N) is 3. The van der Waals surface area contributed by atoms with Crippen LogP contribution < -0.4 is 10.6 Å². The molecule has 0 saturated heterocycles. The van der Waals surface area contributed by atoms with Crippen LogP contribution in [0.4, 0.5) is 11.6 Å². The number of hydrogen-bond donors (Lipinski definition) is 2. The van der Waals surface area contributed by atoms with Crippen molar-refractivity contribution in [1.82, 2.24) is 9.97 Å². The number of rotatable bonds is 6. The number of benzene rings is 1. The van der Waals surface area contributed by atoms with Crippen molar-refractivity contribution in [2.75, 3.05) is 23.8 Å². The van der Waals surface area contributed by atoms with Gasteiger partial charge in [-0.3, -0.25) is 0 Å². The van der Waals surface area contributed by atoms with Crippen LogP contribution in [-0.4, -0.2) is 28.2 Å². The van der Waals surface area contributed by atoms with Crippen molar-refractivity contribution in [2.45, 2.75) is 26.3 Å². The van der Waals surface area contributed by atoms with E-state index < -0.39 is 0 Å². The van der Waals surface area contributed by atoms with Gasteiger partial charge in [0.2, 0.25) is 0 Å². The second-order valence-electron chi connectivity index (χ2n) is 5.28. The van der Waals surface area contributed by atoms with E-state index >= 15 is 0 Å². The highest BCUT2D eigenvalue weighted by molar-refractivity contribution is 5.58. The van der Waals surface area contributed by atoms with Crippen molar-refractivity contribution >= 4 is 11.6 Å². The van der Waals surface area contributed by atoms with E-state index in [1.165, 1.54) is 6.33 Å². The molecular formula is C16H22N4O. The summed E-state index contributed by atoms with van der Waals surface area (Å²) in [5, 5.41) is 9.36. The summed E-state index contributed by atoms with van der Waals surface area (Å²) in [5.41, 5.74) is 8.11. The molecule has 5 heteroatoms. The molecule has 0 amide bonds. The van der Waals surface area contributed by atoms with E-state index in [2.05, 4.69) is 35.9 Å². The summed E-state index contributed by atoms with van der Waals surface area (Å²) in [6, 6.07) is 10.1. The molecule has 1 aromatic carbocycles. The van der Waals surface area contributed by atoms with Gasteiger partial charge >= 0.3 is 0 Å². The van der Waals surface area contributed by atoms with Crippen LogP contribution in [0.3, 0.4) is 0 Å². The molecule has 0 spiro atoms. The second-order valence-corrected chi connectivity index (χ2v) is 5.28. The maximum Gasteiger partial charge on any atom is 0.137 e. The first-order valence-electron chi connectivity index (χ1n) is 7.13. The van der Waals surface area contributed by atoms with Crippen LogP contribution in [0.5, 0.6) is 0 Å². The van der Waals surface area contributed by atoms with Gasteiger partial charge in [-0.25, -0.2) is 9.97 Å². The molecule has 2 rings (SSSR count). The topological polar surface area (TPSA) is 75.3 Å². The fourth-order valence-electron chi connectivity index (χ4n) is 2.39. The van der Waals surface area contributed by atoms with Crippen molar-refractivity contribution in [3.63, 3.8) is 0 Å². The average molecular weight is 286 g/mol. The first-order chi connectivity index (χ1) is 10.1. The lowest BCUT2D eigenvalue weighted by Gasteiger charge is -2.26. The zero-order valence-corrected chi connectivity index (χ0v) is 12.5. The lowest BCUT2D eigenvalue weighted by Crippen LogP contribution is -2.28. The number of hydrogen-bond acceptors (Lipinski definition) is 5. The van der Waals surface area contributed by atoms with Gasteiger partial charge in [0.05, 0.1) is 6.61 Å². The average Bonchev–Trinajstić information content (AvgIpc) is 2.47. The predicted octanol–water partition coefficient (Wildman–Crippen LogP) is 2.18. The largest absolute Gasteiger partial charge is 0.395 e. The molecule has 2 aromatic rings. The summed E-state index contributed by atoms with van der Waals surface area (Å²) in [5.74, 6) is 1.53. The molecule has 5 nitrogen and oxygen atoms in total. The van der Waals surface area contributed by atoms with Gasteiger partial charge in [0.1, 0.15) is 18.0 Å². The first kappa shape index (κ1) is 15.3. The number of aromatic nitrogens is 2. The lowest BCUT2D eigenvalue weighted by atomic mass is 10.0. The second kappa shape index (κ2) is 7.04. The number of anilines is 2. The van der Waals surface area contributed by atoms with Crippen LogP contribution in [0, 0.1) is 0 Å². The Kier molecular flexibility index (Phi) is 5.11. The van der Waals surface area contributed by atoms with Crippen LogP contribution in [-0.2, 0) is 6.54 Å². The molecule has 0 atom stereocenters. The van der Waals surface area contributed by atoms with Gasteiger partial charge in [-0.15, -0.1) is 0 Å². The van der Waals surface area contributed by atoms with E-state index in [4.69, 9.17) is 5.73 Å². The van der Waals surface area contributed by atoms with Crippen molar-refractivity contribution < 1.29 is 5.11 Å². The fraction of sp³-hybridized carbons (Fsp3) is 0.375. The molecule has 0 aliphatic heterocycles. The van der Waals surface area contributed by atoms with Gasteiger partial charge in [-0.05, 0) is 11.5 Å². The molecular weight excluding hydrogens is 264 g/mol. The normalized spacial score (nSPS) is 10.9. The van der Waals surface area contributed by atoms with Crippen molar-refractivity contribution in [3.05, 3.63) is 47.8 Å². The molecule has 0 aliphatic rings. The molecule has 1 aromatic heterocycles. The van der Waals surface area contributed by atoms with Crippen molar-refractivity contribution in [3.8, 4) is 0 Å². The molecule has 112 valence electrons. The summed E-state index contributed by atoms with van der Waals surface area (Å²) in [7, 11) is 0. The molecule has 21 heavy (non-hydrogen) atoms. The third-order valence-electron chi connectivity index (χ3n) is 3.36. The van der Waals surface area contributed by atoms with E-state index in [1.807, 2.05) is 23.1 Å². The maximum atomic E-state index is 9.36. The number of aliphatic hydroxyl groups excluding tert-OH is 1. The Labute approximate surface area is 125 Å².